The Labute approximate surface area is 225 Å². The molecule has 1 saturated heterocycles. The van der Waals surface area contributed by atoms with Gasteiger partial charge in [-0.2, -0.15) is 8.42 Å². The molecule has 2 heterocycles. The number of nitrogens with one attached hydrogen (secondary N) is 1. The van der Waals surface area contributed by atoms with E-state index in [4.69, 9.17) is 4.18 Å². The number of aromatic nitrogens is 1. The second-order valence-corrected chi connectivity index (χ2v) is 12.1. The van der Waals surface area contributed by atoms with Gasteiger partial charge in [-0.05, 0) is 32.0 Å². The van der Waals surface area contributed by atoms with Crippen LogP contribution >= 0.6 is 0 Å². The van der Waals surface area contributed by atoms with Gasteiger partial charge in [0.1, 0.15) is 5.82 Å². The Morgan fingerprint density at radius 2 is 1.35 bits per heavy atom. The average Bonchev–Trinajstić information content (AvgIpc) is 2.88. The standard InChI is InChI=1S/C28H50N4O4S/c1-31-20-22-32(23-21-31)27-18-17-26(25-30-27)28(33)29-19-15-13-11-9-7-5-3-4-6-8-10-12-14-16-24-36-37(2,34)35/h17-18,25H,3-16,19-24H2,1-2H3,(H,29,33). The van der Waals surface area contributed by atoms with Gasteiger partial charge in [-0.15, -0.1) is 0 Å². The van der Waals surface area contributed by atoms with Crippen LogP contribution in [0.25, 0.3) is 0 Å². The van der Waals surface area contributed by atoms with Crippen LogP contribution < -0.4 is 10.2 Å². The van der Waals surface area contributed by atoms with Gasteiger partial charge in [-0.3, -0.25) is 8.98 Å². The van der Waals surface area contributed by atoms with Crippen LogP contribution in [0, 0.1) is 0 Å². The van der Waals surface area contributed by atoms with Gasteiger partial charge >= 0.3 is 0 Å². The van der Waals surface area contributed by atoms with E-state index in [1.807, 2.05) is 12.1 Å². The molecule has 0 radical (unpaired) electrons. The first-order valence-electron chi connectivity index (χ1n) is 14.4. The van der Waals surface area contributed by atoms with Crippen molar-refractivity contribution in [1.29, 1.82) is 0 Å². The summed E-state index contributed by atoms with van der Waals surface area (Å²) in [6, 6.07) is 3.85. The molecule has 0 spiro atoms. The highest BCUT2D eigenvalue weighted by Gasteiger charge is 2.15. The second kappa shape index (κ2) is 18.5. The van der Waals surface area contributed by atoms with E-state index in [9.17, 15) is 13.2 Å². The number of anilines is 1. The van der Waals surface area contributed by atoms with Crippen molar-refractivity contribution in [2.45, 2.75) is 89.9 Å². The van der Waals surface area contributed by atoms with Crippen LogP contribution in [0.5, 0.6) is 0 Å². The number of likely N-dealkylation sites (N-methyl/N-ethyl adjacent to an activating group) is 1. The lowest BCUT2D eigenvalue weighted by molar-refractivity contribution is 0.0952. The van der Waals surface area contributed by atoms with Crippen molar-refractivity contribution in [3.8, 4) is 0 Å². The van der Waals surface area contributed by atoms with Gasteiger partial charge in [-0.25, -0.2) is 4.98 Å². The van der Waals surface area contributed by atoms with Gasteiger partial charge in [0, 0.05) is 38.9 Å². The number of amides is 1. The second-order valence-electron chi connectivity index (χ2n) is 10.4. The highest BCUT2D eigenvalue weighted by molar-refractivity contribution is 7.85. The molecular weight excluding hydrogens is 488 g/mol. The number of carbonyl (C=O) groups excluding carboxylic acids is 1. The quantitative estimate of drug-likeness (QED) is 0.184. The van der Waals surface area contributed by atoms with Gasteiger partial charge in [-0.1, -0.05) is 77.0 Å². The van der Waals surface area contributed by atoms with Gasteiger partial charge < -0.3 is 15.1 Å². The number of rotatable bonds is 20. The summed E-state index contributed by atoms with van der Waals surface area (Å²) in [4.78, 5) is 21.5. The molecule has 9 heteroatoms. The lowest BCUT2D eigenvalue weighted by Gasteiger charge is -2.33. The van der Waals surface area contributed by atoms with E-state index >= 15 is 0 Å². The molecule has 0 aliphatic carbocycles. The zero-order chi connectivity index (χ0) is 26.8. The van der Waals surface area contributed by atoms with Gasteiger partial charge in [0.05, 0.1) is 18.4 Å². The minimum absolute atomic E-state index is 0.0293. The molecule has 0 bridgehead atoms. The average molecular weight is 539 g/mol. The molecule has 0 aromatic carbocycles. The van der Waals surface area contributed by atoms with Crippen LogP contribution in [-0.2, 0) is 14.3 Å². The van der Waals surface area contributed by atoms with E-state index in [0.717, 1.165) is 76.9 Å². The van der Waals surface area contributed by atoms with Crippen molar-refractivity contribution in [2.24, 2.45) is 0 Å². The highest BCUT2D eigenvalue weighted by Crippen LogP contribution is 2.15. The van der Waals surface area contributed by atoms with Crippen LogP contribution in [0.3, 0.4) is 0 Å². The van der Waals surface area contributed by atoms with E-state index in [1.54, 1.807) is 6.20 Å². The highest BCUT2D eigenvalue weighted by atomic mass is 32.2. The Morgan fingerprint density at radius 3 is 1.84 bits per heavy atom. The van der Waals surface area contributed by atoms with E-state index in [-0.39, 0.29) is 5.91 Å². The molecule has 2 rings (SSSR count). The molecule has 1 aromatic rings. The van der Waals surface area contributed by atoms with Crippen LogP contribution in [0.15, 0.2) is 18.3 Å². The number of piperazine rings is 1. The molecule has 1 aliphatic rings. The number of nitrogens with zero attached hydrogens (tertiary/aromatic N) is 3. The lowest BCUT2D eigenvalue weighted by Crippen LogP contribution is -2.44. The molecule has 1 aliphatic heterocycles. The molecule has 1 fully saturated rings. The van der Waals surface area contributed by atoms with E-state index in [2.05, 4.69) is 27.1 Å². The molecule has 1 amide bonds. The molecule has 0 atom stereocenters. The normalized spacial score (nSPS) is 14.7. The van der Waals surface area contributed by atoms with E-state index in [1.165, 1.54) is 57.8 Å². The fourth-order valence-electron chi connectivity index (χ4n) is 4.61. The topological polar surface area (TPSA) is 91.8 Å². The van der Waals surface area contributed by atoms with Crippen LogP contribution in [-0.4, -0.2) is 76.8 Å². The molecule has 212 valence electrons. The van der Waals surface area contributed by atoms with Crippen molar-refractivity contribution in [1.82, 2.24) is 15.2 Å². The first-order chi connectivity index (χ1) is 17.8. The number of hydrogen-bond donors (Lipinski definition) is 1. The number of pyridine rings is 1. The van der Waals surface area contributed by atoms with Gasteiger partial charge in [0.25, 0.3) is 16.0 Å². The summed E-state index contributed by atoms with van der Waals surface area (Å²) in [6.45, 7) is 5.08. The third-order valence-corrected chi connectivity index (χ3v) is 7.59. The minimum Gasteiger partial charge on any atom is -0.354 e. The predicted octanol–water partition coefficient (Wildman–Crippen LogP) is 5.00. The number of hydrogen-bond acceptors (Lipinski definition) is 7. The summed E-state index contributed by atoms with van der Waals surface area (Å²) in [7, 11) is -1.14. The Balaban J connectivity index is 1.35. The maximum absolute atomic E-state index is 12.4. The van der Waals surface area contributed by atoms with Crippen LogP contribution in [0.2, 0.25) is 0 Å². The summed E-state index contributed by atoms with van der Waals surface area (Å²) in [5.74, 6) is 0.926. The molecular formula is C28H50N4O4S. The molecule has 0 saturated carbocycles. The summed E-state index contributed by atoms with van der Waals surface area (Å²) < 4.78 is 26.5. The molecule has 1 N–H and O–H groups in total. The van der Waals surface area contributed by atoms with Crippen molar-refractivity contribution >= 4 is 21.8 Å². The van der Waals surface area contributed by atoms with Crippen molar-refractivity contribution in [2.75, 3.05) is 57.5 Å². The predicted molar refractivity (Wildman–Crippen MR) is 152 cm³/mol. The molecule has 0 unspecified atom stereocenters. The fourth-order valence-corrected chi connectivity index (χ4v) is 5.03. The molecule has 37 heavy (non-hydrogen) atoms. The Hall–Kier alpha value is -1.71. The van der Waals surface area contributed by atoms with E-state index in [0.29, 0.717) is 12.2 Å². The Bertz CT molecular complexity index is 840. The Kier molecular flexibility index (Phi) is 15.8. The third kappa shape index (κ3) is 15.3. The summed E-state index contributed by atoms with van der Waals surface area (Å²) in [6.07, 6.45) is 19.6. The van der Waals surface area contributed by atoms with Crippen molar-refractivity contribution in [3.05, 3.63) is 23.9 Å². The minimum atomic E-state index is -3.28. The smallest absolute Gasteiger partial charge is 0.264 e. The van der Waals surface area contributed by atoms with Crippen LogP contribution in [0.4, 0.5) is 5.82 Å². The van der Waals surface area contributed by atoms with Crippen LogP contribution in [0.1, 0.15) is 100 Å². The maximum atomic E-state index is 12.4. The first-order valence-corrected chi connectivity index (χ1v) is 16.2. The zero-order valence-corrected chi connectivity index (χ0v) is 24.1. The maximum Gasteiger partial charge on any atom is 0.264 e. The fraction of sp³-hybridized carbons (Fsp3) is 0.786. The first kappa shape index (κ1) is 31.5. The monoisotopic (exact) mass is 538 g/mol. The zero-order valence-electron chi connectivity index (χ0n) is 23.3. The molecule has 1 aromatic heterocycles. The summed E-state index contributed by atoms with van der Waals surface area (Å²) in [5, 5.41) is 3.03. The summed E-state index contributed by atoms with van der Waals surface area (Å²) >= 11 is 0. The number of unbranched alkanes of at least 4 members (excludes halogenated alkanes) is 13. The lowest BCUT2D eigenvalue weighted by atomic mass is 10.0. The third-order valence-electron chi connectivity index (χ3n) is 6.99. The Morgan fingerprint density at radius 1 is 0.838 bits per heavy atom. The number of carbonyl (C=O) groups is 1. The van der Waals surface area contributed by atoms with Gasteiger partial charge in [0.15, 0.2) is 0 Å². The largest absolute Gasteiger partial charge is 0.354 e. The summed E-state index contributed by atoms with van der Waals surface area (Å²) in [5.41, 5.74) is 0.636. The van der Waals surface area contributed by atoms with Gasteiger partial charge in [0.2, 0.25) is 0 Å². The molecule has 8 nitrogen and oxygen atoms in total. The van der Waals surface area contributed by atoms with Crippen molar-refractivity contribution in [3.63, 3.8) is 0 Å². The van der Waals surface area contributed by atoms with E-state index < -0.39 is 10.1 Å². The van der Waals surface area contributed by atoms with Crippen molar-refractivity contribution < 1.29 is 17.4 Å². The SMILES string of the molecule is CN1CCN(c2ccc(C(=O)NCCCCCCCCCCCCCCCCOS(C)(=O)=O)cn2)CC1.